The van der Waals surface area contributed by atoms with Crippen LogP contribution >= 0.6 is 11.6 Å². The maximum absolute atomic E-state index is 13.9. The molecular formula is C20H28ClFN2O. The van der Waals surface area contributed by atoms with Crippen LogP contribution in [0.15, 0.2) is 18.2 Å². The fraction of sp³-hybridized carbons (Fsp3) is 0.650. The maximum Gasteiger partial charge on any atom is 0.224 e. The van der Waals surface area contributed by atoms with Crippen LogP contribution in [0.4, 0.5) is 4.39 Å². The Labute approximate surface area is 154 Å². The highest BCUT2D eigenvalue weighted by Crippen LogP contribution is 2.35. The van der Waals surface area contributed by atoms with E-state index >= 15 is 0 Å². The Bertz CT molecular complexity index is 575. The monoisotopic (exact) mass is 366 g/mol. The second kappa shape index (κ2) is 8.50. The van der Waals surface area contributed by atoms with E-state index in [1.54, 1.807) is 12.1 Å². The summed E-state index contributed by atoms with van der Waals surface area (Å²) in [4.78, 5) is 15.0. The molecule has 1 aliphatic heterocycles. The third-order valence-electron chi connectivity index (χ3n) is 5.82. The number of nitrogens with zero attached hydrogens (tertiary/aromatic N) is 1. The molecule has 1 aromatic rings. The number of carbonyl (C=O) groups is 1. The molecule has 3 nitrogen and oxygen atoms in total. The summed E-state index contributed by atoms with van der Waals surface area (Å²) < 4.78 is 13.9. The normalized spacial score (nSPS) is 21.0. The van der Waals surface area contributed by atoms with Crippen molar-refractivity contribution in [2.75, 3.05) is 19.6 Å². The van der Waals surface area contributed by atoms with Crippen LogP contribution in [-0.4, -0.2) is 36.0 Å². The van der Waals surface area contributed by atoms with E-state index in [0.717, 1.165) is 25.9 Å². The van der Waals surface area contributed by atoms with Crippen molar-refractivity contribution >= 4 is 17.5 Å². The highest BCUT2D eigenvalue weighted by atomic mass is 35.5. The number of hydrogen-bond donors (Lipinski definition) is 1. The van der Waals surface area contributed by atoms with Crippen LogP contribution in [0.1, 0.15) is 56.9 Å². The number of rotatable bonds is 5. The van der Waals surface area contributed by atoms with Gasteiger partial charge in [0.1, 0.15) is 5.82 Å². The van der Waals surface area contributed by atoms with Crippen molar-refractivity contribution in [3.05, 3.63) is 34.6 Å². The van der Waals surface area contributed by atoms with Crippen LogP contribution in [0, 0.1) is 5.82 Å². The molecular weight excluding hydrogens is 339 g/mol. The number of amides is 1. The van der Waals surface area contributed by atoms with Crippen molar-refractivity contribution in [2.45, 2.75) is 63.3 Å². The summed E-state index contributed by atoms with van der Waals surface area (Å²) in [5, 5.41) is 3.41. The van der Waals surface area contributed by atoms with Crippen LogP contribution in [0.3, 0.4) is 0 Å². The fourth-order valence-electron chi connectivity index (χ4n) is 4.37. The Morgan fingerprint density at radius 2 is 1.80 bits per heavy atom. The average Bonchev–Trinajstić information content (AvgIpc) is 2.65. The Kier molecular flexibility index (Phi) is 6.34. The highest BCUT2D eigenvalue weighted by Gasteiger charge is 2.38. The molecule has 2 fully saturated rings. The molecule has 1 saturated carbocycles. The summed E-state index contributed by atoms with van der Waals surface area (Å²) in [7, 11) is 0. The summed E-state index contributed by atoms with van der Waals surface area (Å²) in [5.74, 6) is -0.556. The molecule has 0 spiro atoms. The van der Waals surface area contributed by atoms with Gasteiger partial charge in [-0.3, -0.25) is 9.69 Å². The fourth-order valence-corrected chi connectivity index (χ4v) is 4.60. The minimum Gasteiger partial charge on any atom is -0.354 e. The molecule has 1 amide bonds. The molecule has 0 unspecified atom stereocenters. The summed E-state index contributed by atoms with van der Waals surface area (Å²) >= 11 is 6.04. The Morgan fingerprint density at radius 1 is 1.12 bits per heavy atom. The van der Waals surface area contributed by atoms with Crippen LogP contribution in [-0.2, 0) is 11.2 Å². The zero-order chi connectivity index (χ0) is 17.7. The second-order valence-electron chi connectivity index (χ2n) is 7.49. The van der Waals surface area contributed by atoms with E-state index in [2.05, 4.69) is 10.2 Å². The first kappa shape index (κ1) is 18.7. The predicted octanol–water partition coefficient (Wildman–Crippen LogP) is 4.33. The predicted molar refractivity (Wildman–Crippen MR) is 99.4 cm³/mol. The van der Waals surface area contributed by atoms with Crippen LogP contribution in [0.2, 0.25) is 5.02 Å². The first-order chi connectivity index (χ1) is 12.1. The van der Waals surface area contributed by atoms with E-state index in [0.29, 0.717) is 11.6 Å². The van der Waals surface area contributed by atoms with Crippen molar-refractivity contribution in [3.8, 4) is 0 Å². The quantitative estimate of drug-likeness (QED) is 0.841. The van der Waals surface area contributed by atoms with Crippen molar-refractivity contribution in [2.24, 2.45) is 0 Å². The number of likely N-dealkylation sites (tertiary alicyclic amines) is 1. The molecule has 0 aromatic heterocycles. The van der Waals surface area contributed by atoms with Crippen molar-refractivity contribution in [1.29, 1.82) is 0 Å². The average molecular weight is 367 g/mol. The van der Waals surface area contributed by atoms with Gasteiger partial charge in [0, 0.05) is 22.7 Å². The third-order valence-corrected chi connectivity index (χ3v) is 6.18. The second-order valence-corrected chi connectivity index (χ2v) is 7.89. The van der Waals surface area contributed by atoms with Gasteiger partial charge < -0.3 is 5.32 Å². The summed E-state index contributed by atoms with van der Waals surface area (Å²) in [6.07, 6.45) is 9.85. The molecule has 1 saturated heterocycles. The topological polar surface area (TPSA) is 32.3 Å². The molecule has 0 bridgehead atoms. The lowest BCUT2D eigenvalue weighted by Crippen LogP contribution is -2.58. The van der Waals surface area contributed by atoms with Crippen LogP contribution in [0.5, 0.6) is 0 Å². The lowest BCUT2D eigenvalue weighted by molar-refractivity contribution is -0.121. The third kappa shape index (κ3) is 4.53. The molecule has 1 aliphatic carbocycles. The minimum atomic E-state index is -0.411. The molecule has 2 aliphatic rings. The first-order valence-corrected chi connectivity index (χ1v) is 9.93. The van der Waals surface area contributed by atoms with Gasteiger partial charge in [-0.15, -0.1) is 0 Å². The van der Waals surface area contributed by atoms with Crippen LogP contribution in [0.25, 0.3) is 0 Å². The van der Waals surface area contributed by atoms with Crippen molar-refractivity contribution in [1.82, 2.24) is 10.2 Å². The SMILES string of the molecule is O=C(Cc1c(F)cccc1Cl)NCC1(N2CCCCC2)CCCCC1. The van der Waals surface area contributed by atoms with E-state index in [1.165, 1.54) is 44.6 Å². The maximum atomic E-state index is 13.9. The van der Waals surface area contributed by atoms with Gasteiger partial charge in [-0.2, -0.15) is 0 Å². The van der Waals surface area contributed by atoms with E-state index in [1.807, 2.05) is 0 Å². The van der Waals surface area contributed by atoms with E-state index < -0.39 is 5.82 Å². The van der Waals surface area contributed by atoms with Gasteiger partial charge in [-0.25, -0.2) is 4.39 Å². The molecule has 0 radical (unpaired) electrons. The molecule has 0 atom stereocenters. The standard InChI is InChI=1S/C20H28ClFN2O/c21-17-8-7-9-18(22)16(17)14-19(25)23-15-20(10-3-1-4-11-20)24-12-5-2-6-13-24/h7-9H,1-6,10-15H2,(H,23,25). The minimum absolute atomic E-state index is 0.00157. The lowest BCUT2D eigenvalue weighted by atomic mass is 9.79. The van der Waals surface area contributed by atoms with Gasteiger partial charge in [0.15, 0.2) is 0 Å². The largest absolute Gasteiger partial charge is 0.354 e. The summed E-state index contributed by atoms with van der Waals surface area (Å²) in [6.45, 7) is 2.93. The van der Waals surface area contributed by atoms with Gasteiger partial charge in [0.2, 0.25) is 5.91 Å². The number of carbonyl (C=O) groups excluding carboxylic acids is 1. The zero-order valence-electron chi connectivity index (χ0n) is 14.8. The Hall–Kier alpha value is -1.13. The van der Waals surface area contributed by atoms with E-state index in [-0.39, 0.29) is 23.4 Å². The molecule has 3 rings (SSSR count). The van der Waals surface area contributed by atoms with Gasteiger partial charge in [0.05, 0.1) is 6.42 Å². The smallest absolute Gasteiger partial charge is 0.224 e. The summed E-state index contributed by atoms with van der Waals surface area (Å²) in [5.41, 5.74) is 0.380. The lowest BCUT2D eigenvalue weighted by Gasteiger charge is -2.48. The van der Waals surface area contributed by atoms with Crippen molar-refractivity contribution in [3.63, 3.8) is 0 Å². The van der Waals surface area contributed by atoms with E-state index in [4.69, 9.17) is 11.6 Å². The van der Waals surface area contributed by atoms with Gasteiger partial charge >= 0.3 is 0 Å². The molecule has 1 N–H and O–H groups in total. The van der Waals surface area contributed by atoms with Crippen LogP contribution < -0.4 is 5.32 Å². The summed E-state index contributed by atoms with van der Waals surface area (Å²) in [6, 6.07) is 4.54. The Balaban J connectivity index is 1.63. The molecule has 1 aromatic carbocycles. The first-order valence-electron chi connectivity index (χ1n) is 9.55. The van der Waals surface area contributed by atoms with Gasteiger partial charge in [-0.1, -0.05) is 43.4 Å². The number of nitrogens with one attached hydrogen (secondary N) is 1. The van der Waals surface area contributed by atoms with Crippen molar-refractivity contribution < 1.29 is 9.18 Å². The number of benzene rings is 1. The number of halogens is 2. The zero-order valence-corrected chi connectivity index (χ0v) is 15.6. The molecule has 1 heterocycles. The molecule has 5 heteroatoms. The Morgan fingerprint density at radius 3 is 2.48 bits per heavy atom. The number of hydrogen-bond acceptors (Lipinski definition) is 2. The molecule has 138 valence electrons. The van der Waals surface area contributed by atoms with Gasteiger partial charge in [0.25, 0.3) is 0 Å². The molecule has 25 heavy (non-hydrogen) atoms. The van der Waals surface area contributed by atoms with E-state index in [9.17, 15) is 9.18 Å². The highest BCUT2D eigenvalue weighted by molar-refractivity contribution is 6.31. The van der Waals surface area contributed by atoms with Gasteiger partial charge in [-0.05, 0) is 50.9 Å². The number of piperidine rings is 1.